The molecule has 2 nitrogen and oxygen atoms in total. The first-order valence-electron chi connectivity index (χ1n) is 5.59. The van der Waals surface area contributed by atoms with E-state index in [0.717, 1.165) is 11.8 Å². The van der Waals surface area contributed by atoms with E-state index in [1.54, 1.807) is 0 Å². The molecule has 18 heavy (non-hydrogen) atoms. The van der Waals surface area contributed by atoms with Crippen LogP contribution in [0.5, 0.6) is 0 Å². The average Bonchev–Trinajstić information content (AvgIpc) is 2.30. The minimum Gasteiger partial charge on any atom is -0.332 e. The summed E-state index contributed by atoms with van der Waals surface area (Å²) >= 11 is 1.42. The number of aliphatic imine (C=N–C) groups is 1. The van der Waals surface area contributed by atoms with Gasteiger partial charge in [-0.2, -0.15) is 0 Å². The maximum atomic E-state index is 13.4. The Morgan fingerprint density at radius 1 is 1.28 bits per heavy atom. The summed E-state index contributed by atoms with van der Waals surface area (Å²) in [5.74, 6) is -1.85. The van der Waals surface area contributed by atoms with E-state index < -0.39 is 17.5 Å². The Morgan fingerprint density at radius 3 is 2.67 bits per heavy atom. The fourth-order valence-corrected chi connectivity index (χ4v) is 2.65. The summed E-state index contributed by atoms with van der Waals surface area (Å²) in [5.41, 5.74) is -0.222. The zero-order valence-electron chi connectivity index (χ0n) is 10.0. The lowest BCUT2D eigenvalue weighted by molar-refractivity contribution is 0.498. The predicted molar refractivity (Wildman–Crippen MR) is 68.5 cm³/mol. The van der Waals surface area contributed by atoms with E-state index >= 15 is 0 Å². The van der Waals surface area contributed by atoms with Gasteiger partial charge in [0.25, 0.3) is 0 Å². The largest absolute Gasteiger partial charge is 0.332 e. The van der Waals surface area contributed by atoms with Gasteiger partial charge in [0, 0.05) is 17.9 Å². The van der Waals surface area contributed by atoms with E-state index in [4.69, 9.17) is 0 Å². The maximum absolute atomic E-state index is 13.4. The highest BCUT2D eigenvalue weighted by molar-refractivity contribution is 8.14. The number of benzene rings is 1. The minimum absolute atomic E-state index is 0.107. The van der Waals surface area contributed by atoms with Gasteiger partial charge in [-0.05, 0) is 12.8 Å². The summed E-state index contributed by atoms with van der Waals surface area (Å²) in [6, 6.07) is 1.54. The van der Waals surface area contributed by atoms with Crippen LogP contribution in [-0.4, -0.2) is 17.0 Å². The van der Waals surface area contributed by atoms with Crippen LogP contribution in [0.15, 0.2) is 17.1 Å². The van der Waals surface area contributed by atoms with Crippen molar-refractivity contribution in [3.8, 4) is 0 Å². The van der Waals surface area contributed by atoms with Crippen molar-refractivity contribution < 1.29 is 13.2 Å². The Bertz CT molecular complexity index is 490. The van der Waals surface area contributed by atoms with E-state index in [-0.39, 0.29) is 11.7 Å². The summed E-state index contributed by atoms with van der Waals surface area (Å²) in [6.45, 7) is 4.02. The Balaban J connectivity index is 2.22. The van der Waals surface area contributed by atoms with Gasteiger partial charge in [0.2, 0.25) is 0 Å². The molecule has 0 amide bonds. The first kappa shape index (κ1) is 13.3. The van der Waals surface area contributed by atoms with Gasteiger partial charge < -0.3 is 5.32 Å². The molecule has 1 aliphatic heterocycles. The number of nitrogens with one attached hydrogen (secondary N) is 1. The van der Waals surface area contributed by atoms with Crippen molar-refractivity contribution in [1.82, 2.24) is 0 Å². The third kappa shape index (κ3) is 2.80. The van der Waals surface area contributed by atoms with Crippen LogP contribution < -0.4 is 5.32 Å². The van der Waals surface area contributed by atoms with Crippen molar-refractivity contribution in [1.29, 1.82) is 0 Å². The lowest BCUT2D eigenvalue weighted by atomic mass is 10.1. The molecule has 6 heteroatoms. The van der Waals surface area contributed by atoms with Gasteiger partial charge in [-0.25, -0.2) is 13.2 Å². The van der Waals surface area contributed by atoms with E-state index in [9.17, 15) is 13.2 Å². The topological polar surface area (TPSA) is 24.4 Å². The molecule has 0 bridgehead atoms. The highest BCUT2D eigenvalue weighted by atomic mass is 32.2. The first-order valence-corrected chi connectivity index (χ1v) is 6.58. The second-order valence-electron chi connectivity index (χ2n) is 4.34. The molecular formula is C12H13F3N2S. The van der Waals surface area contributed by atoms with Crippen LogP contribution in [0, 0.1) is 23.4 Å². The van der Waals surface area contributed by atoms with Crippen LogP contribution in [0.3, 0.4) is 0 Å². The van der Waals surface area contributed by atoms with Gasteiger partial charge in [0.15, 0.2) is 16.8 Å². The number of nitrogens with zero attached hydrogens (tertiary/aromatic N) is 1. The Hall–Kier alpha value is -1.17. The van der Waals surface area contributed by atoms with Crippen LogP contribution in [0.4, 0.5) is 18.9 Å². The van der Waals surface area contributed by atoms with Gasteiger partial charge in [0.1, 0.15) is 5.82 Å². The molecular weight excluding hydrogens is 261 g/mol. The maximum Gasteiger partial charge on any atom is 0.182 e. The highest BCUT2D eigenvalue weighted by Crippen LogP contribution is 2.26. The zero-order valence-corrected chi connectivity index (χ0v) is 10.8. The average molecular weight is 274 g/mol. The van der Waals surface area contributed by atoms with Gasteiger partial charge in [-0.15, -0.1) is 0 Å². The van der Waals surface area contributed by atoms with Gasteiger partial charge >= 0.3 is 0 Å². The molecule has 1 aliphatic rings. The smallest absolute Gasteiger partial charge is 0.182 e. The molecule has 98 valence electrons. The Morgan fingerprint density at radius 2 is 2.00 bits per heavy atom. The number of amidine groups is 1. The predicted octanol–water partition coefficient (Wildman–Crippen LogP) is 3.64. The lowest BCUT2D eigenvalue weighted by Gasteiger charge is -2.23. The van der Waals surface area contributed by atoms with Crippen LogP contribution in [0.25, 0.3) is 0 Å². The second kappa shape index (κ2) is 5.22. The molecule has 0 saturated heterocycles. The molecule has 0 saturated carbocycles. The van der Waals surface area contributed by atoms with Gasteiger partial charge in [-0.1, -0.05) is 18.7 Å². The van der Waals surface area contributed by atoms with E-state index in [1.807, 2.05) is 6.92 Å². The molecule has 1 aromatic carbocycles. The van der Waals surface area contributed by atoms with E-state index in [1.165, 1.54) is 11.8 Å². The molecule has 1 N–H and O–H groups in total. The number of anilines is 1. The van der Waals surface area contributed by atoms with Crippen LogP contribution in [-0.2, 0) is 0 Å². The van der Waals surface area contributed by atoms with E-state index in [2.05, 4.69) is 17.2 Å². The number of hydrogen-bond donors (Lipinski definition) is 1. The van der Waals surface area contributed by atoms with E-state index in [0.29, 0.717) is 17.2 Å². The Kier molecular flexibility index (Phi) is 3.85. The van der Waals surface area contributed by atoms with Crippen molar-refractivity contribution in [2.75, 3.05) is 11.1 Å². The second-order valence-corrected chi connectivity index (χ2v) is 5.35. The summed E-state index contributed by atoms with van der Waals surface area (Å²) < 4.78 is 39.5. The molecule has 0 radical (unpaired) electrons. The lowest BCUT2D eigenvalue weighted by Crippen LogP contribution is -2.25. The minimum atomic E-state index is -1.21. The monoisotopic (exact) mass is 274 g/mol. The Labute approximate surface area is 108 Å². The fraction of sp³-hybridized carbons (Fsp3) is 0.417. The summed E-state index contributed by atoms with van der Waals surface area (Å²) in [4.78, 5) is 4.32. The van der Waals surface area contributed by atoms with Crippen molar-refractivity contribution >= 4 is 22.6 Å². The normalized spacial score (nSPS) is 23.7. The molecule has 0 fully saturated rings. The summed E-state index contributed by atoms with van der Waals surface area (Å²) in [7, 11) is 0. The highest BCUT2D eigenvalue weighted by Gasteiger charge is 2.20. The SMILES string of the molecule is CC1CSC(Nc2cc(F)cc(F)c2F)=NC1C. The third-order valence-electron chi connectivity index (χ3n) is 2.86. The molecule has 0 spiro atoms. The quantitative estimate of drug-likeness (QED) is 0.791. The number of halogens is 3. The van der Waals surface area contributed by atoms with Crippen molar-refractivity contribution in [2.45, 2.75) is 19.9 Å². The van der Waals surface area contributed by atoms with Crippen molar-refractivity contribution in [3.63, 3.8) is 0 Å². The standard InChI is InChI=1S/C12H13F3N2S/c1-6-5-18-12(16-7(6)2)17-10-4-8(13)3-9(14)11(10)15/h3-4,6-7H,5H2,1-2H3,(H,16,17). The van der Waals surface area contributed by atoms with Crippen molar-refractivity contribution in [2.24, 2.45) is 10.9 Å². The van der Waals surface area contributed by atoms with Gasteiger partial charge in [-0.3, -0.25) is 4.99 Å². The van der Waals surface area contributed by atoms with Crippen LogP contribution >= 0.6 is 11.8 Å². The van der Waals surface area contributed by atoms with Gasteiger partial charge in [0.05, 0.1) is 11.7 Å². The number of hydrogen-bond acceptors (Lipinski definition) is 3. The summed E-state index contributed by atoms with van der Waals surface area (Å²) in [5, 5.41) is 3.13. The molecule has 2 atom stereocenters. The number of thioether (sulfide) groups is 1. The number of rotatable bonds is 1. The molecule has 2 unspecified atom stereocenters. The van der Waals surface area contributed by atoms with Crippen LogP contribution in [0.2, 0.25) is 0 Å². The van der Waals surface area contributed by atoms with Crippen molar-refractivity contribution in [3.05, 3.63) is 29.6 Å². The molecule has 1 aromatic rings. The first-order chi connectivity index (χ1) is 8.47. The molecule has 1 heterocycles. The summed E-state index contributed by atoms with van der Waals surface area (Å²) in [6.07, 6.45) is 0. The fourth-order valence-electron chi connectivity index (χ4n) is 1.53. The molecule has 2 rings (SSSR count). The third-order valence-corrected chi connectivity index (χ3v) is 4.04. The molecule has 0 aromatic heterocycles. The molecule has 0 aliphatic carbocycles. The zero-order chi connectivity index (χ0) is 13.3. The van der Waals surface area contributed by atoms with Crippen LogP contribution in [0.1, 0.15) is 13.8 Å².